The number of nitrogens with zero attached hydrogens (tertiary/aromatic N) is 3. The molecule has 0 aromatic rings. The molecule has 0 atom stereocenters. The second kappa shape index (κ2) is 8.12. The van der Waals surface area contributed by atoms with Crippen molar-refractivity contribution in [1.82, 2.24) is 14.7 Å². The summed E-state index contributed by atoms with van der Waals surface area (Å²) in [6.45, 7) is 3.56. The van der Waals surface area contributed by atoms with E-state index in [1.807, 2.05) is 11.9 Å². The molecule has 0 unspecified atom stereocenters. The van der Waals surface area contributed by atoms with Crippen molar-refractivity contribution in [1.29, 1.82) is 0 Å². The van der Waals surface area contributed by atoms with E-state index in [1.54, 1.807) is 16.8 Å². The summed E-state index contributed by atoms with van der Waals surface area (Å²) < 4.78 is 0. The van der Waals surface area contributed by atoms with E-state index >= 15 is 0 Å². The van der Waals surface area contributed by atoms with Crippen molar-refractivity contribution >= 4 is 11.8 Å². The van der Waals surface area contributed by atoms with Crippen LogP contribution in [0.25, 0.3) is 0 Å². The number of nitrogens with two attached hydrogens (primary N) is 1. The van der Waals surface area contributed by atoms with Crippen LogP contribution in [-0.2, 0) is 9.59 Å². The first-order valence-electron chi connectivity index (χ1n) is 6.95. The lowest BCUT2D eigenvalue weighted by Gasteiger charge is -2.23. The Labute approximate surface area is 115 Å². The van der Waals surface area contributed by atoms with Gasteiger partial charge >= 0.3 is 0 Å². The first kappa shape index (κ1) is 15.9. The van der Waals surface area contributed by atoms with Gasteiger partial charge in [0, 0.05) is 26.7 Å². The maximum absolute atomic E-state index is 11.9. The Morgan fingerprint density at radius 2 is 1.79 bits per heavy atom. The standard InChI is InChI=1S/C13H26N4O2/c1-15(10-12(18)16(2)7-5-6-14)11-13(19)17-8-3-4-9-17/h3-11,14H2,1-2H3. The number of likely N-dealkylation sites (N-methyl/N-ethyl adjacent to an activating group) is 2. The van der Waals surface area contributed by atoms with E-state index in [0.29, 0.717) is 19.6 Å². The normalized spacial score (nSPS) is 15.1. The fourth-order valence-electron chi connectivity index (χ4n) is 2.16. The maximum Gasteiger partial charge on any atom is 0.236 e. The predicted octanol–water partition coefficient (Wildman–Crippen LogP) is -0.652. The van der Waals surface area contributed by atoms with E-state index in [4.69, 9.17) is 5.73 Å². The van der Waals surface area contributed by atoms with Crippen LogP contribution in [0.3, 0.4) is 0 Å². The zero-order valence-corrected chi connectivity index (χ0v) is 12.1. The summed E-state index contributed by atoms with van der Waals surface area (Å²) >= 11 is 0. The number of carbonyl (C=O) groups is 2. The zero-order valence-electron chi connectivity index (χ0n) is 12.1. The van der Waals surface area contributed by atoms with Gasteiger partial charge in [0.1, 0.15) is 0 Å². The molecule has 1 rings (SSSR count). The number of amides is 2. The SMILES string of the molecule is CN(CC(=O)N(C)CCCN)CC(=O)N1CCCC1. The van der Waals surface area contributed by atoms with Crippen LogP contribution >= 0.6 is 0 Å². The van der Waals surface area contributed by atoms with Gasteiger partial charge in [-0.1, -0.05) is 0 Å². The molecule has 0 bridgehead atoms. The fraction of sp³-hybridized carbons (Fsp3) is 0.846. The van der Waals surface area contributed by atoms with Crippen molar-refractivity contribution in [2.75, 3.05) is 53.4 Å². The van der Waals surface area contributed by atoms with E-state index in [0.717, 1.165) is 32.4 Å². The molecule has 0 saturated carbocycles. The number of hydrogen-bond acceptors (Lipinski definition) is 4. The second-order valence-electron chi connectivity index (χ2n) is 5.22. The third-order valence-corrected chi connectivity index (χ3v) is 3.39. The Morgan fingerprint density at radius 3 is 2.37 bits per heavy atom. The monoisotopic (exact) mass is 270 g/mol. The topological polar surface area (TPSA) is 69.9 Å². The van der Waals surface area contributed by atoms with E-state index in [9.17, 15) is 9.59 Å². The molecule has 110 valence electrons. The summed E-state index contributed by atoms with van der Waals surface area (Å²) in [5.74, 6) is 0.155. The highest BCUT2D eigenvalue weighted by molar-refractivity contribution is 5.81. The van der Waals surface area contributed by atoms with Gasteiger partial charge in [-0.15, -0.1) is 0 Å². The minimum absolute atomic E-state index is 0.0326. The van der Waals surface area contributed by atoms with Gasteiger partial charge in [0.2, 0.25) is 11.8 Å². The third kappa shape index (κ3) is 5.57. The zero-order chi connectivity index (χ0) is 14.3. The molecule has 0 aliphatic carbocycles. The van der Waals surface area contributed by atoms with E-state index < -0.39 is 0 Å². The molecule has 0 aromatic heterocycles. The molecule has 1 heterocycles. The van der Waals surface area contributed by atoms with Crippen LogP contribution in [0.2, 0.25) is 0 Å². The minimum Gasteiger partial charge on any atom is -0.345 e. The predicted molar refractivity (Wildman–Crippen MR) is 74.6 cm³/mol. The van der Waals surface area contributed by atoms with Gasteiger partial charge in [0.15, 0.2) is 0 Å². The van der Waals surface area contributed by atoms with Gasteiger partial charge in [-0.3, -0.25) is 14.5 Å². The van der Waals surface area contributed by atoms with Gasteiger partial charge in [-0.05, 0) is 32.9 Å². The lowest BCUT2D eigenvalue weighted by molar-refractivity contribution is -0.133. The van der Waals surface area contributed by atoms with Crippen LogP contribution in [0.15, 0.2) is 0 Å². The molecule has 0 aromatic carbocycles. The summed E-state index contributed by atoms with van der Waals surface area (Å²) in [5.41, 5.74) is 5.42. The summed E-state index contributed by atoms with van der Waals surface area (Å²) in [6, 6.07) is 0. The number of carbonyl (C=O) groups excluding carboxylic acids is 2. The Kier molecular flexibility index (Phi) is 6.80. The Hall–Kier alpha value is -1.14. The van der Waals surface area contributed by atoms with Gasteiger partial charge in [-0.2, -0.15) is 0 Å². The number of rotatable bonds is 7. The Morgan fingerprint density at radius 1 is 1.16 bits per heavy atom. The first-order chi connectivity index (χ1) is 9.04. The molecular formula is C13H26N4O2. The molecule has 1 saturated heterocycles. The van der Waals surface area contributed by atoms with Crippen molar-refractivity contribution in [2.45, 2.75) is 19.3 Å². The van der Waals surface area contributed by atoms with Crippen LogP contribution in [0.5, 0.6) is 0 Å². The van der Waals surface area contributed by atoms with Gasteiger partial charge in [-0.25, -0.2) is 0 Å². The van der Waals surface area contributed by atoms with Crippen LogP contribution < -0.4 is 5.73 Å². The van der Waals surface area contributed by atoms with E-state index in [2.05, 4.69) is 0 Å². The lowest BCUT2D eigenvalue weighted by Crippen LogP contribution is -2.42. The van der Waals surface area contributed by atoms with E-state index in [-0.39, 0.29) is 18.4 Å². The van der Waals surface area contributed by atoms with E-state index in [1.165, 1.54) is 0 Å². The van der Waals surface area contributed by atoms with Crippen molar-refractivity contribution in [3.63, 3.8) is 0 Å². The average Bonchev–Trinajstić information content (AvgIpc) is 2.89. The molecule has 0 radical (unpaired) electrons. The molecule has 1 aliphatic rings. The first-order valence-corrected chi connectivity index (χ1v) is 6.95. The maximum atomic E-state index is 11.9. The van der Waals surface area contributed by atoms with Crippen LogP contribution in [0.1, 0.15) is 19.3 Å². The second-order valence-corrected chi connectivity index (χ2v) is 5.22. The summed E-state index contributed by atoms with van der Waals surface area (Å²) in [4.78, 5) is 29.1. The highest BCUT2D eigenvalue weighted by atomic mass is 16.2. The molecule has 2 amide bonds. The Balaban J connectivity index is 2.27. The van der Waals surface area contributed by atoms with Crippen molar-refractivity contribution in [2.24, 2.45) is 5.73 Å². The largest absolute Gasteiger partial charge is 0.345 e. The molecule has 19 heavy (non-hydrogen) atoms. The van der Waals surface area contributed by atoms with Gasteiger partial charge < -0.3 is 15.5 Å². The quantitative estimate of drug-likeness (QED) is 0.667. The van der Waals surface area contributed by atoms with Crippen molar-refractivity contribution in [3.05, 3.63) is 0 Å². The third-order valence-electron chi connectivity index (χ3n) is 3.39. The smallest absolute Gasteiger partial charge is 0.236 e. The van der Waals surface area contributed by atoms with Gasteiger partial charge in [0.25, 0.3) is 0 Å². The number of likely N-dealkylation sites (tertiary alicyclic amines) is 1. The fourth-order valence-corrected chi connectivity index (χ4v) is 2.16. The molecule has 1 fully saturated rings. The summed E-state index contributed by atoms with van der Waals surface area (Å²) in [6.07, 6.45) is 2.99. The van der Waals surface area contributed by atoms with Crippen LogP contribution in [-0.4, -0.2) is 79.9 Å². The molecule has 1 aliphatic heterocycles. The highest BCUT2D eigenvalue weighted by Crippen LogP contribution is 2.07. The molecule has 6 nitrogen and oxygen atoms in total. The lowest BCUT2D eigenvalue weighted by atomic mass is 10.3. The van der Waals surface area contributed by atoms with Crippen molar-refractivity contribution < 1.29 is 9.59 Å². The highest BCUT2D eigenvalue weighted by Gasteiger charge is 2.20. The Bertz CT molecular complexity index is 303. The average molecular weight is 270 g/mol. The van der Waals surface area contributed by atoms with Crippen molar-refractivity contribution in [3.8, 4) is 0 Å². The molecule has 0 spiro atoms. The van der Waals surface area contributed by atoms with Gasteiger partial charge in [0.05, 0.1) is 13.1 Å². The number of hydrogen-bond donors (Lipinski definition) is 1. The molecular weight excluding hydrogens is 244 g/mol. The minimum atomic E-state index is 0.0326. The summed E-state index contributed by atoms with van der Waals surface area (Å²) in [5, 5.41) is 0. The van der Waals surface area contributed by atoms with Crippen LogP contribution in [0.4, 0.5) is 0 Å². The summed E-state index contributed by atoms with van der Waals surface area (Å²) in [7, 11) is 3.58. The molecule has 2 N–H and O–H groups in total. The molecule has 6 heteroatoms. The van der Waals surface area contributed by atoms with Crippen LogP contribution in [0, 0.1) is 0 Å².